The third-order valence-electron chi connectivity index (χ3n) is 0.376. The largest absolute Gasteiger partial charge is 0.394 e. The lowest BCUT2D eigenvalue weighted by atomic mass is 10.8. The molecule has 1 radical (unpaired) electrons. The summed E-state index contributed by atoms with van der Waals surface area (Å²) in [6, 6.07) is 0. The van der Waals surface area contributed by atoms with Gasteiger partial charge in [0.25, 0.3) is 5.91 Å². The van der Waals surface area contributed by atoms with Gasteiger partial charge in [0.1, 0.15) is 6.61 Å². The van der Waals surface area contributed by atoms with Gasteiger partial charge in [0, 0.05) is 6.92 Å². The van der Waals surface area contributed by atoms with E-state index >= 15 is 0 Å². The molecule has 0 aliphatic heterocycles. The summed E-state index contributed by atoms with van der Waals surface area (Å²) in [4.78, 5) is 14.2. The van der Waals surface area contributed by atoms with Gasteiger partial charge in [0.05, 0.1) is 6.61 Å². The van der Waals surface area contributed by atoms with Crippen LogP contribution in [-0.4, -0.2) is 24.2 Å². The van der Waals surface area contributed by atoms with Crippen molar-refractivity contribution in [3.8, 4) is 0 Å². The first-order valence-corrected chi connectivity index (χ1v) is 2.22. The molecule has 0 saturated heterocycles. The van der Waals surface area contributed by atoms with E-state index in [4.69, 9.17) is 5.11 Å². The van der Waals surface area contributed by atoms with Gasteiger partial charge in [-0.1, -0.05) is 5.48 Å². The highest BCUT2D eigenvalue weighted by Gasteiger charge is 1.90. The van der Waals surface area contributed by atoms with Crippen LogP contribution in [-0.2, 0) is 9.63 Å². The van der Waals surface area contributed by atoms with E-state index in [0.29, 0.717) is 0 Å². The molecule has 1 amide bonds. The number of aliphatic hydroxyl groups is 1. The summed E-state index contributed by atoms with van der Waals surface area (Å²) in [5.74, 6) is -0.390. The maximum Gasteiger partial charge on any atom is 0.266 e. The Labute approximate surface area is 47.4 Å². The molecule has 0 aromatic rings. The van der Waals surface area contributed by atoms with Crippen molar-refractivity contribution in [2.45, 2.75) is 6.92 Å². The first-order chi connectivity index (χ1) is 3.77. The van der Waals surface area contributed by atoms with Crippen molar-refractivity contribution in [3.05, 3.63) is 0 Å². The van der Waals surface area contributed by atoms with Crippen LogP contribution in [0, 0.1) is 0 Å². The maximum absolute atomic E-state index is 9.95. The number of carbonyl (C=O) groups excluding carboxylic acids is 1. The quantitative estimate of drug-likeness (QED) is 0.384. The molecule has 47 valence electrons. The Kier molecular flexibility index (Phi) is 4.20. The predicted molar refractivity (Wildman–Crippen MR) is 25.9 cm³/mol. The Bertz CT molecular complexity index is 73.7. The summed E-state index contributed by atoms with van der Waals surface area (Å²) in [6.45, 7) is 1.24. The van der Waals surface area contributed by atoms with E-state index in [1.165, 1.54) is 6.92 Å². The lowest BCUT2D eigenvalue weighted by molar-refractivity contribution is -0.133. The fourth-order valence-corrected chi connectivity index (χ4v) is 0.177. The minimum atomic E-state index is -0.390. The molecule has 0 heterocycles. The zero-order valence-electron chi connectivity index (χ0n) is 4.63. The summed E-state index contributed by atoms with van der Waals surface area (Å²) in [5.41, 5.74) is 3.02. The van der Waals surface area contributed by atoms with Crippen LogP contribution in [0.15, 0.2) is 0 Å². The molecule has 1 N–H and O–H groups in total. The van der Waals surface area contributed by atoms with E-state index in [-0.39, 0.29) is 13.2 Å². The van der Waals surface area contributed by atoms with Crippen LogP contribution in [0.2, 0.25) is 0 Å². The monoisotopic (exact) mass is 118 g/mol. The molecule has 0 aromatic heterocycles. The summed E-state index contributed by atoms with van der Waals surface area (Å²) in [5, 5.41) is 8.08. The summed E-state index contributed by atoms with van der Waals surface area (Å²) < 4.78 is 0. The van der Waals surface area contributed by atoms with Crippen LogP contribution in [0.4, 0.5) is 0 Å². The van der Waals surface area contributed by atoms with Crippen molar-refractivity contribution in [2.24, 2.45) is 0 Å². The fraction of sp³-hybridized carbons (Fsp3) is 0.750. The predicted octanol–water partition coefficient (Wildman–Crippen LogP) is -0.939. The molecule has 0 bridgehead atoms. The maximum atomic E-state index is 9.95. The van der Waals surface area contributed by atoms with Crippen molar-refractivity contribution < 1.29 is 14.7 Å². The molecule has 4 nitrogen and oxygen atoms in total. The number of hydrogen-bond donors (Lipinski definition) is 1. The molecule has 8 heavy (non-hydrogen) atoms. The van der Waals surface area contributed by atoms with Gasteiger partial charge in [-0.3, -0.25) is 4.79 Å². The van der Waals surface area contributed by atoms with Crippen LogP contribution in [0.25, 0.3) is 0 Å². The molecule has 0 aliphatic rings. The molecular formula is C4H8NO3. The fourth-order valence-electron chi connectivity index (χ4n) is 0.177. The Balaban J connectivity index is 2.82. The SMILES string of the molecule is CC(=O)[N]OCCO. The van der Waals surface area contributed by atoms with Gasteiger partial charge < -0.3 is 5.11 Å². The number of hydroxylamine groups is 1. The van der Waals surface area contributed by atoms with Gasteiger partial charge in [-0.15, -0.1) is 0 Å². The van der Waals surface area contributed by atoms with Crippen LogP contribution >= 0.6 is 0 Å². The third-order valence-corrected chi connectivity index (χ3v) is 0.376. The van der Waals surface area contributed by atoms with Gasteiger partial charge in [0.2, 0.25) is 0 Å². The van der Waals surface area contributed by atoms with Crippen molar-refractivity contribution in [2.75, 3.05) is 13.2 Å². The molecule has 0 aromatic carbocycles. The highest BCUT2D eigenvalue weighted by molar-refractivity contribution is 5.71. The zero-order valence-corrected chi connectivity index (χ0v) is 4.63. The lowest BCUT2D eigenvalue weighted by Gasteiger charge is -1.93. The topological polar surface area (TPSA) is 60.6 Å². The second-order valence-corrected chi connectivity index (χ2v) is 1.17. The van der Waals surface area contributed by atoms with E-state index in [0.717, 1.165) is 0 Å². The first kappa shape index (κ1) is 7.39. The number of carbonyl (C=O) groups is 1. The van der Waals surface area contributed by atoms with Crippen LogP contribution in [0.3, 0.4) is 0 Å². The minimum Gasteiger partial charge on any atom is -0.394 e. The molecule has 0 spiro atoms. The standard InChI is InChI=1S/C4H8NO3/c1-4(7)5-8-3-2-6/h6H,2-3H2,1H3. The Morgan fingerprint density at radius 3 is 2.88 bits per heavy atom. The number of nitrogens with zero attached hydrogens (tertiary/aromatic N) is 1. The average molecular weight is 118 g/mol. The molecule has 0 atom stereocenters. The molecule has 4 heteroatoms. The van der Waals surface area contributed by atoms with Gasteiger partial charge in [-0.25, -0.2) is 4.84 Å². The van der Waals surface area contributed by atoms with Gasteiger partial charge in [0.15, 0.2) is 0 Å². The van der Waals surface area contributed by atoms with Crippen LogP contribution < -0.4 is 5.48 Å². The molecule has 0 rings (SSSR count). The van der Waals surface area contributed by atoms with E-state index in [9.17, 15) is 4.79 Å². The van der Waals surface area contributed by atoms with E-state index < -0.39 is 5.91 Å². The smallest absolute Gasteiger partial charge is 0.266 e. The van der Waals surface area contributed by atoms with E-state index in [1.54, 1.807) is 0 Å². The van der Waals surface area contributed by atoms with Crippen LogP contribution in [0.5, 0.6) is 0 Å². The molecule has 0 unspecified atom stereocenters. The number of hydrogen-bond acceptors (Lipinski definition) is 3. The van der Waals surface area contributed by atoms with E-state index in [1.807, 2.05) is 0 Å². The van der Waals surface area contributed by atoms with Crippen LogP contribution in [0.1, 0.15) is 6.92 Å². The van der Waals surface area contributed by atoms with E-state index in [2.05, 4.69) is 10.3 Å². The highest BCUT2D eigenvalue weighted by Crippen LogP contribution is 1.67. The Morgan fingerprint density at radius 1 is 1.88 bits per heavy atom. The van der Waals surface area contributed by atoms with Crippen molar-refractivity contribution in [3.63, 3.8) is 0 Å². The zero-order chi connectivity index (χ0) is 6.41. The number of aliphatic hydroxyl groups excluding tert-OH is 1. The van der Waals surface area contributed by atoms with Gasteiger partial charge >= 0.3 is 0 Å². The Hall–Kier alpha value is -0.610. The third kappa shape index (κ3) is 5.39. The minimum absolute atomic E-state index is 0.0829. The Morgan fingerprint density at radius 2 is 2.50 bits per heavy atom. The second kappa shape index (κ2) is 4.55. The molecule has 0 fully saturated rings. The summed E-state index contributed by atoms with van der Waals surface area (Å²) in [7, 11) is 0. The summed E-state index contributed by atoms with van der Waals surface area (Å²) >= 11 is 0. The number of amides is 1. The first-order valence-electron chi connectivity index (χ1n) is 2.22. The van der Waals surface area contributed by atoms with Crippen molar-refractivity contribution >= 4 is 5.91 Å². The molecule has 0 aliphatic carbocycles. The van der Waals surface area contributed by atoms with Crippen molar-refractivity contribution in [1.82, 2.24) is 5.48 Å². The van der Waals surface area contributed by atoms with Gasteiger partial charge in [-0.2, -0.15) is 0 Å². The highest BCUT2D eigenvalue weighted by atomic mass is 16.7. The average Bonchev–Trinajstić information content (AvgIpc) is 1.66. The molecule has 0 saturated carbocycles. The van der Waals surface area contributed by atoms with Gasteiger partial charge in [-0.05, 0) is 0 Å². The second-order valence-electron chi connectivity index (χ2n) is 1.17. The normalized spacial score (nSPS) is 8.75. The van der Waals surface area contributed by atoms with Crippen molar-refractivity contribution in [1.29, 1.82) is 0 Å². The lowest BCUT2D eigenvalue weighted by Crippen LogP contribution is -2.14. The summed E-state index contributed by atoms with van der Waals surface area (Å²) in [6.07, 6.45) is 0. The number of rotatable bonds is 3. The molecular weight excluding hydrogens is 110 g/mol.